The second kappa shape index (κ2) is 9.07. The summed E-state index contributed by atoms with van der Waals surface area (Å²) in [5.41, 5.74) is 0.0463. The van der Waals surface area contributed by atoms with Gasteiger partial charge in [-0.05, 0) is 25.1 Å². The Hall–Kier alpha value is -2.04. The van der Waals surface area contributed by atoms with Crippen LogP contribution in [0.5, 0.6) is 0 Å². The second-order valence-electron chi connectivity index (χ2n) is 3.96. The molecule has 1 aromatic heterocycles. The van der Waals surface area contributed by atoms with Crippen molar-refractivity contribution in [2.75, 3.05) is 0 Å². The topological polar surface area (TPSA) is 22.0 Å². The molecule has 1 heterocycles. The van der Waals surface area contributed by atoms with Gasteiger partial charge < -0.3 is 0 Å². The van der Waals surface area contributed by atoms with Crippen LogP contribution in [0.1, 0.15) is 38.8 Å². The molecule has 0 unspecified atom stereocenters. The molecule has 0 aliphatic carbocycles. The molecule has 1 aromatic carbocycles. The van der Waals surface area contributed by atoms with Crippen molar-refractivity contribution in [2.24, 2.45) is 0 Å². The Morgan fingerprint density at radius 3 is 1.82 bits per heavy atom. The first kappa shape index (κ1) is 20.0. The number of alkyl halides is 3. The van der Waals surface area contributed by atoms with Gasteiger partial charge in [-0.1, -0.05) is 45.4 Å². The standard InChI is InChI=1S/C13H10F3NO.2C2H6/c1-9-2-5-11(6-3-9)17-8-10(13(14,15)16)4-7-12(17)18;2*1-2/h2-8H,1H3;2*1-2H3. The van der Waals surface area contributed by atoms with Gasteiger partial charge in [0.25, 0.3) is 5.56 Å². The number of halogens is 3. The molecule has 0 radical (unpaired) electrons. The summed E-state index contributed by atoms with van der Waals surface area (Å²) in [6.07, 6.45) is -3.65. The van der Waals surface area contributed by atoms with Crippen molar-refractivity contribution in [1.29, 1.82) is 0 Å². The number of hydrogen-bond acceptors (Lipinski definition) is 1. The van der Waals surface area contributed by atoms with E-state index in [4.69, 9.17) is 0 Å². The Kier molecular flexibility index (Phi) is 8.23. The Bertz CT molecular complexity index is 613. The van der Waals surface area contributed by atoms with Gasteiger partial charge in [-0.15, -0.1) is 0 Å². The first-order valence-corrected chi connectivity index (χ1v) is 7.25. The van der Waals surface area contributed by atoms with Crippen LogP contribution in [0.25, 0.3) is 5.69 Å². The van der Waals surface area contributed by atoms with Crippen molar-refractivity contribution in [1.82, 2.24) is 4.57 Å². The van der Waals surface area contributed by atoms with Crippen molar-refractivity contribution < 1.29 is 13.2 Å². The van der Waals surface area contributed by atoms with Gasteiger partial charge in [0.2, 0.25) is 0 Å². The predicted molar refractivity (Wildman–Crippen MR) is 84.5 cm³/mol. The molecule has 2 rings (SSSR count). The van der Waals surface area contributed by atoms with E-state index >= 15 is 0 Å². The van der Waals surface area contributed by atoms with Crippen molar-refractivity contribution in [2.45, 2.75) is 40.8 Å². The molecular formula is C17H22F3NO. The highest BCUT2D eigenvalue weighted by Crippen LogP contribution is 2.28. The number of pyridine rings is 1. The van der Waals surface area contributed by atoms with Crippen LogP contribution in [-0.4, -0.2) is 4.57 Å². The van der Waals surface area contributed by atoms with E-state index in [1.165, 1.54) is 0 Å². The lowest BCUT2D eigenvalue weighted by Crippen LogP contribution is -2.19. The third-order valence-corrected chi connectivity index (χ3v) is 2.55. The Morgan fingerprint density at radius 2 is 1.36 bits per heavy atom. The van der Waals surface area contributed by atoms with Gasteiger partial charge in [-0.3, -0.25) is 9.36 Å². The van der Waals surface area contributed by atoms with Crippen LogP contribution in [0.4, 0.5) is 13.2 Å². The summed E-state index contributed by atoms with van der Waals surface area (Å²) >= 11 is 0. The van der Waals surface area contributed by atoms with Crippen LogP contribution in [0, 0.1) is 6.92 Å². The molecule has 0 bridgehead atoms. The Labute approximate surface area is 129 Å². The van der Waals surface area contributed by atoms with Gasteiger partial charge in [-0.2, -0.15) is 13.2 Å². The molecule has 0 aliphatic heterocycles. The normalized spacial score (nSPS) is 10.0. The number of rotatable bonds is 1. The van der Waals surface area contributed by atoms with Gasteiger partial charge in [0.15, 0.2) is 0 Å². The summed E-state index contributed by atoms with van der Waals surface area (Å²) in [5, 5.41) is 0. The average molecular weight is 313 g/mol. The molecule has 0 aliphatic rings. The minimum atomic E-state index is -4.46. The van der Waals surface area contributed by atoms with Gasteiger partial charge in [0, 0.05) is 18.0 Å². The van der Waals surface area contributed by atoms with Gasteiger partial charge in [0.1, 0.15) is 0 Å². The monoisotopic (exact) mass is 313 g/mol. The Balaban J connectivity index is 0.00000102. The molecule has 22 heavy (non-hydrogen) atoms. The summed E-state index contributed by atoms with van der Waals surface area (Å²) < 4.78 is 38.7. The molecule has 0 N–H and O–H groups in total. The van der Waals surface area contributed by atoms with Crippen molar-refractivity contribution in [3.05, 3.63) is 64.1 Å². The minimum Gasteiger partial charge on any atom is -0.284 e. The summed E-state index contributed by atoms with van der Waals surface area (Å²) in [7, 11) is 0. The summed E-state index contributed by atoms with van der Waals surface area (Å²) in [6, 6.07) is 8.40. The Morgan fingerprint density at radius 1 is 0.864 bits per heavy atom. The first-order valence-electron chi connectivity index (χ1n) is 7.25. The highest BCUT2D eigenvalue weighted by molar-refractivity contribution is 5.35. The lowest BCUT2D eigenvalue weighted by atomic mass is 10.2. The SMILES string of the molecule is CC.CC.Cc1ccc(-n2cc(C(F)(F)F)ccc2=O)cc1. The zero-order valence-corrected chi connectivity index (χ0v) is 13.5. The highest BCUT2D eigenvalue weighted by atomic mass is 19.4. The second-order valence-corrected chi connectivity index (χ2v) is 3.96. The third kappa shape index (κ3) is 5.39. The number of aromatic nitrogens is 1. The molecule has 0 amide bonds. The van der Waals surface area contributed by atoms with Crippen LogP contribution in [-0.2, 0) is 6.18 Å². The first-order chi connectivity index (χ1) is 10.4. The third-order valence-electron chi connectivity index (χ3n) is 2.55. The molecule has 0 saturated heterocycles. The van der Waals surface area contributed by atoms with E-state index in [9.17, 15) is 18.0 Å². The zero-order valence-electron chi connectivity index (χ0n) is 13.5. The molecule has 0 fully saturated rings. The number of benzene rings is 1. The fourth-order valence-electron chi connectivity index (χ4n) is 1.56. The van der Waals surface area contributed by atoms with Crippen LogP contribution in [0.3, 0.4) is 0 Å². The van der Waals surface area contributed by atoms with Crippen LogP contribution in [0.2, 0.25) is 0 Å². The maximum atomic E-state index is 12.6. The van der Waals surface area contributed by atoms with E-state index in [0.717, 1.165) is 28.5 Å². The maximum absolute atomic E-state index is 12.6. The number of nitrogens with zero attached hydrogens (tertiary/aromatic N) is 1. The molecule has 0 saturated carbocycles. The van der Waals surface area contributed by atoms with Gasteiger partial charge in [-0.25, -0.2) is 0 Å². The van der Waals surface area contributed by atoms with E-state index in [1.54, 1.807) is 24.3 Å². The number of aryl methyl sites for hydroxylation is 1. The van der Waals surface area contributed by atoms with Crippen LogP contribution < -0.4 is 5.56 Å². The zero-order chi connectivity index (χ0) is 17.3. The van der Waals surface area contributed by atoms with Crippen molar-refractivity contribution in [3.8, 4) is 5.69 Å². The fraction of sp³-hybridized carbons (Fsp3) is 0.353. The van der Waals surface area contributed by atoms with E-state index in [0.29, 0.717) is 5.69 Å². The molecule has 122 valence electrons. The van der Waals surface area contributed by atoms with Crippen LogP contribution in [0.15, 0.2) is 47.4 Å². The smallest absolute Gasteiger partial charge is 0.284 e. The molecule has 2 nitrogen and oxygen atoms in total. The minimum absolute atomic E-state index is 0.414. The van der Waals surface area contributed by atoms with E-state index in [2.05, 4.69) is 0 Å². The van der Waals surface area contributed by atoms with E-state index < -0.39 is 17.3 Å². The number of hydrogen-bond donors (Lipinski definition) is 0. The maximum Gasteiger partial charge on any atom is 0.417 e. The van der Waals surface area contributed by atoms with E-state index in [1.807, 2.05) is 34.6 Å². The van der Waals surface area contributed by atoms with Gasteiger partial charge >= 0.3 is 6.18 Å². The summed E-state index contributed by atoms with van der Waals surface area (Å²) in [5.74, 6) is 0. The summed E-state index contributed by atoms with van der Waals surface area (Å²) in [6.45, 7) is 9.86. The molecular weight excluding hydrogens is 291 g/mol. The molecule has 2 aromatic rings. The predicted octanol–water partition coefficient (Wildman–Crippen LogP) is 5.22. The van der Waals surface area contributed by atoms with E-state index in [-0.39, 0.29) is 0 Å². The van der Waals surface area contributed by atoms with Gasteiger partial charge in [0.05, 0.1) is 5.56 Å². The molecule has 5 heteroatoms. The van der Waals surface area contributed by atoms with Crippen molar-refractivity contribution in [3.63, 3.8) is 0 Å². The quantitative estimate of drug-likeness (QED) is 0.707. The van der Waals surface area contributed by atoms with Crippen molar-refractivity contribution >= 4 is 0 Å². The summed E-state index contributed by atoms with van der Waals surface area (Å²) in [4.78, 5) is 11.6. The molecule has 0 spiro atoms. The average Bonchev–Trinajstić information content (AvgIpc) is 2.52. The van der Waals surface area contributed by atoms with Crippen LogP contribution >= 0.6 is 0 Å². The lowest BCUT2D eigenvalue weighted by molar-refractivity contribution is -0.138. The molecule has 0 atom stereocenters. The fourth-order valence-corrected chi connectivity index (χ4v) is 1.56. The highest BCUT2D eigenvalue weighted by Gasteiger charge is 2.31. The largest absolute Gasteiger partial charge is 0.417 e. The lowest BCUT2D eigenvalue weighted by Gasteiger charge is -2.10.